The fraction of sp³-hybridized carbons (Fsp3) is 0.163. The Kier molecular flexibility index (Phi) is 27.0. The van der Waals surface area contributed by atoms with Crippen LogP contribution < -0.4 is 63.3 Å². The first-order chi connectivity index (χ1) is 62.9. The third-order valence-corrected chi connectivity index (χ3v) is 21.1. The van der Waals surface area contributed by atoms with Gasteiger partial charge in [-0.2, -0.15) is 47.5 Å². The number of H-pyrrole nitrogens is 5. The summed E-state index contributed by atoms with van der Waals surface area (Å²) in [4.78, 5) is 110. The number of aromatic amines is 5. The Morgan fingerprint density at radius 2 is 0.829 bits per heavy atom. The summed E-state index contributed by atoms with van der Waals surface area (Å²) in [6.45, 7) is 11.8. The number of aromatic nitrogens is 20. The van der Waals surface area contributed by atoms with Crippen molar-refractivity contribution in [3.63, 3.8) is 0 Å². The molecule has 0 saturated carbocycles. The first-order valence-corrected chi connectivity index (χ1v) is 42.1. The standard InChI is InChI=1S/C20H18ClN5O2.C20H19N5O2.C19H16FN5O.C19H17N5O2.C14H15N5O2S/c1-12-3-5-13(6-4-12)19-24-20-23-15(10-18(27)26(20)25-19)11-22-16-9-14(21)7-8-17(16)28-2;1-2-27-17-11-7-6-10-16(17)21-13-15-12-18(26)25-20(22-15)23-19(24-25)14-8-4-3-5-9-14;1-12-2-4-13(5-3-12)18-23-19-22-16(10-17(26)25(19)24-18)11-21-15-8-6-14(20)7-9-15;1-26-16-9-5-8-14(10-16)20-12-15-11-17(25)24-19(21-15)22-18(23-24)13-6-3-2-4-7-13;20-12-8-10(9-18-3-5-21-6-4-18)15-14-16-13(17-19(12)14)11-2-1-7-22-11/h3-10,22H,11H2,1-2H3,(H,23,24,25);3-12,21H,2,13H2,1H3,(H,22,23,24);2-10,21H,11H2,1H3,(H,22,23,24);2-11,20H,12H2,1H3,(H,21,22,23);1-2,7-8H,3-6,9H2,(H,15,16,17). The molecule has 20 rings (SSSR count). The van der Waals surface area contributed by atoms with Crippen molar-refractivity contribution in [2.75, 3.05) is 68.4 Å². The summed E-state index contributed by atoms with van der Waals surface area (Å²) in [7, 11) is 3.21. The predicted octanol–water partition coefficient (Wildman–Crippen LogP) is 13.6. The van der Waals surface area contributed by atoms with E-state index < -0.39 is 0 Å². The number of para-hydroxylation sites is 2. The Hall–Kier alpha value is -16.1. The number of fused-ring (bicyclic) bond motifs is 5. The highest BCUT2D eigenvalue weighted by atomic mass is 35.5. The number of methoxy groups -OCH3 is 2. The average molecular weight is 1770 g/mol. The van der Waals surface area contributed by atoms with Crippen molar-refractivity contribution < 1.29 is 23.3 Å². The normalized spacial score (nSPS) is 11.8. The molecule has 1 fully saturated rings. The quantitative estimate of drug-likeness (QED) is 0.0287. The molecule has 0 aliphatic carbocycles. The van der Waals surface area contributed by atoms with E-state index >= 15 is 0 Å². The van der Waals surface area contributed by atoms with E-state index in [1.807, 2.05) is 196 Å². The van der Waals surface area contributed by atoms with E-state index in [0.29, 0.717) is 131 Å². The summed E-state index contributed by atoms with van der Waals surface area (Å²) < 4.78 is 41.1. The van der Waals surface area contributed by atoms with E-state index in [-0.39, 0.29) is 33.6 Å². The summed E-state index contributed by atoms with van der Waals surface area (Å²) in [6, 6.07) is 72.9. The summed E-state index contributed by atoms with van der Waals surface area (Å²) in [6.07, 6.45) is 0. The highest BCUT2D eigenvalue weighted by molar-refractivity contribution is 7.13. The van der Waals surface area contributed by atoms with E-state index in [0.717, 1.165) is 105 Å². The molecule has 0 unspecified atom stereocenters. The molecular formula is C92H85ClFN25O9S. The number of hydrogen-bond donors (Lipinski definition) is 9. The predicted molar refractivity (Wildman–Crippen MR) is 493 cm³/mol. The number of thiophene rings is 1. The van der Waals surface area contributed by atoms with Gasteiger partial charge in [-0.15, -0.1) is 11.3 Å². The van der Waals surface area contributed by atoms with Crippen molar-refractivity contribution in [2.24, 2.45) is 0 Å². The number of anilines is 4. The molecule has 129 heavy (non-hydrogen) atoms. The molecular weight excluding hydrogens is 1690 g/mol. The molecule has 34 nitrogen and oxygen atoms in total. The van der Waals surface area contributed by atoms with Crippen molar-refractivity contribution in [1.82, 2.24) is 103 Å². The Morgan fingerprint density at radius 1 is 0.403 bits per heavy atom. The van der Waals surface area contributed by atoms with Crippen LogP contribution in [0.2, 0.25) is 5.02 Å². The summed E-state index contributed by atoms with van der Waals surface area (Å²) >= 11 is 7.62. The maximum Gasteiger partial charge on any atom is 0.274 e. The lowest BCUT2D eigenvalue weighted by Gasteiger charge is -2.25. The Morgan fingerprint density at radius 3 is 1.29 bits per heavy atom. The highest BCUT2D eigenvalue weighted by Gasteiger charge is 2.19. The smallest absolute Gasteiger partial charge is 0.274 e. The van der Waals surface area contributed by atoms with Gasteiger partial charge in [-0.25, -0.2) is 29.3 Å². The highest BCUT2D eigenvalue weighted by Crippen LogP contribution is 2.30. The van der Waals surface area contributed by atoms with Crippen LogP contribution in [0.15, 0.2) is 272 Å². The number of nitrogens with one attached hydrogen (secondary N) is 9. The Labute approximate surface area is 742 Å². The summed E-state index contributed by atoms with van der Waals surface area (Å²) in [5.74, 6) is 6.67. The van der Waals surface area contributed by atoms with Gasteiger partial charge in [0.15, 0.2) is 29.1 Å². The molecule has 19 aromatic rings. The van der Waals surface area contributed by atoms with Gasteiger partial charge in [0, 0.05) is 94.7 Å². The van der Waals surface area contributed by atoms with E-state index in [1.165, 1.54) is 59.0 Å². The molecule has 11 aromatic heterocycles. The zero-order valence-corrected chi connectivity index (χ0v) is 71.8. The number of morpholine rings is 1. The fourth-order valence-electron chi connectivity index (χ4n) is 13.5. The molecule has 1 saturated heterocycles. The summed E-state index contributed by atoms with van der Waals surface area (Å²) in [5.41, 5.74) is 11.2. The number of hydrogen-bond acceptors (Lipinski definition) is 25. The maximum absolute atomic E-state index is 12.9. The fourth-order valence-corrected chi connectivity index (χ4v) is 14.3. The van der Waals surface area contributed by atoms with E-state index in [4.69, 9.17) is 30.5 Å². The Balaban J connectivity index is 0.000000118. The second-order valence-electron chi connectivity index (χ2n) is 29.2. The van der Waals surface area contributed by atoms with Gasteiger partial charge in [-0.3, -0.25) is 54.4 Å². The zero-order valence-electron chi connectivity index (χ0n) is 70.2. The van der Waals surface area contributed by atoms with Gasteiger partial charge in [-0.05, 0) is 98.9 Å². The molecule has 0 spiro atoms. The maximum atomic E-state index is 12.9. The minimum Gasteiger partial charge on any atom is -0.497 e. The second kappa shape index (κ2) is 40.3. The van der Waals surface area contributed by atoms with Crippen LogP contribution in [0.3, 0.4) is 0 Å². The zero-order chi connectivity index (χ0) is 89.3. The molecule has 1 aliphatic heterocycles. The van der Waals surface area contributed by atoms with Gasteiger partial charge in [-0.1, -0.05) is 156 Å². The molecule has 12 heterocycles. The molecule has 8 aromatic carbocycles. The van der Waals surface area contributed by atoms with Crippen LogP contribution in [0, 0.1) is 19.7 Å². The minimum atomic E-state index is -0.298. The van der Waals surface area contributed by atoms with Crippen LogP contribution in [-0.4, -0.2) is 150 Å². The van der Waals surface area contributed by atoms with E-state index in [9.17, 15) is 28.4 Å². The lowest BCUT2D eigenvalue weighted by Crippen LogP contribution is -2.36. The Bertz CT molecular complexity index is 7400. The number of halogens is 2. The van der Waals surface area contributed by atoms with Gasteiger partial charge in [0.25, 0.3) is 56.7 Å². The lowest BCUT2D eigenvalue weighted by molar-refractivity contribution is 0.0336. The third-order valence-electron chi connectivity index (χ3n) is 20.0. The first-order valence-electron chi connectivity index (χ1n) is 40.8. The monoisotopic (exact) mass is 1770 g/mol. The minimum absolute atomic E-state index is 0.136. The molecule has 9 N–H and O–H groups in total. The van der Waals surface area contributed by atoms with Crippen LogP contribution in [0.25, 0.3) is 85.1 Å². The SMILES string of the molecule is CCOc1ccccc1NCc1cc(=O)n2[nH]c(-c3ccccc3)nc2n1.COc1ccc(Cl)cc1NCc1cc(=O)n2[nH]c(-c3ccc(C)cc3)nc2n1.COc1cccc(NCc2cc(=O)n3[nH]c(-c4ccccc4)nc3n2)c1.Cc1ccc(-c2nc3nc(CNc4ccc(F)cc4)cc(=O)n3[nH]2)cc1.O=c1cc(CN2CCOCC2)nc2nc(-c3cccs3)[nH]n12. The molecule has 652 valence electrons. The van der Waals surface area contributed by atoms with Crippen LogP contribution in [0.1, 0.15) is 46.5 Å². The largest absolute Gasteiger partial charge is 0.497 e. The number of aryl methyl sites for hydroxylation is 2. The second-order valence-corrected chi connectivity index (χ2v) is 30.6. The molecule has 0 radical (unpaired) electrons. The van der Waals surface area contributed by atoms with Crippen molar-refractivity contribution in [1.29, 1.82) is 0 Å². The van der Waals surface area contributed by atoms with Gasteiger partial charge in [0.1, 0.15) is 23.1 Å². The van der Waals surface area contributed by atoms with Gasteiger partial charge >= 0.3 is 0 Å². The van der Waals surface area contributed by atoms with E-state index in [1.54, 1.807) is 62.0 Å². The van der Waals surface area contributed by atoms with Crippen LogP contribution >= 0.6 is 22.9 Å². The van der Waals surface area contributed by atoms with Crippen molar-refractivity contribution in [3.05, 3.63) is 350 Å². The van der Waals surface area contributed by atoms with Crippen molar-refractivity contribution in [3.8, 4) is 73.5 Å². The summed E-state index contributed by atoms with van der Waals surface area (Å²) in [5, 5.41) is 30.3. The molecule has 37 heteroatoms. The van der Waals surface area contributed by atoms with Gasteiger partial charge in [0.05, 0.1) is 105 Å². The molecule has 0 atom stereocenters. The molecule has 0 bridgehead atoms. The topological polar surface area (TPSA) is 404 Å². The van der Waals surface area contributed by atoms with Crippen LogP contribution in [0.5, 0.6) is 17.2 Å². The van der Waals surface area contributed by atoms with Crippen LogP contribution in [0.4, 0.5) is 27.1 Å². The average Bonchev–Trinajstić information content (AvgIpc) is 1.67. The number of nitrogens with zero attached hydrogens (tertiary/aromatic N) is 16. The van der Waals surface area contributed by atoms with Crippen molar-refractivity contribution >= 4 is 74.6 Å². The lowest BCUT2D eigenvalue weighted by atomic mass is 10.1. The third kappa shape index (κ3) is 21.7. The van der Waals surface area contributed by atoms with Gasteiger partial charge in [0.2, 0.25) is 0 Å². The van der Waals surface area contributed by atoms with E-state index in [2.05, 4.69) is 102 Å². The number of benzene rings is 8. The molecule has 1 aliphatic rings. The molecule has 0 amide bonds. The number of ether oxygens (including phenoxy) is 4. The number of rotatable bonds is 23. The van der Waals surface area contributed by atoms with Crippen LogP contribution in [-0.2, 0) is 37.5 Å². The van der Waals surface area contributed by atoms with Crippen molar-refractivity contribution in [2.45, 2.75) is 53.5 Å². The first kappa shape index (κ1) is 86.5. The van der Waals surface area contributed by atoms with Gasteiger partial charge < -0.3 is 40.2 Å².